The Kier molecular flexibility index (Phi) is 10.5. The van der Waals surface area contributed by atoms with Gasteiger partial charge in [-0.05, 0) is 58.2 Å². The zero-order chi connectivity index (χ0) is 22.4. The van der Waals surface area contributed by atoms with Crippen LogP contribution in [0.5, 0.6) is 0 Å². The lowest BCUT2D eigenvalue weighted by Crippen LogP contribution is -2.44. The predicted octanol–water partition coefficient (Wildman–Crippen LogP) is 2.06. The van der Waals surface area contributed by atoms with Gasteiger partial charge < -0.3 is 20.3 Å². The lowest BCUT2D eigenvalue weighted by Gasteiger charge is -2.23. The number of nitrogens with zero attached hydrogens (tertiary/aromatic N) is 2. The number of likely N-dealkylation sites (tertiary alicyclic amines) is 1. The molecule has 1 heterocycles. The number of alkyl carbamates (subject to hydrolysis) is 1. The van der Waals surface area contributed by atoms with E-state index < -0.39 is 21.7 Å². The first kappa shape index (κ1) is 27.4. The van der Waals surface area contributed by atoms with Gasteiger partial charge in [-0.15, -0.1) is 24.0 Å². The van der Waals surface area contributed by atoms with Crippen LogP contribution in [-0.4, -0.2) is 63.2 Å². The van der Waals surface area contributed by atoms with Crippen LogP contribution in [0.2, 0.25) is 0 Å². The van der Waals surface area contributed by atoms with E-state index in [1.54, 1.807) is 12.1 Å². The number of benzene rings is 1. The van der Waals surface area contributed by atoms with Crippen LogP contribution in [0.4, 0.5) is 4.79 Å². The first-order valence-corrected chi connectivity index (χ1v) is 11.7. The Morgan fingerprint density at radius 1 is 1.29 bits per heavy atom. The topological polar surface area (TPSA) is 126 Å². The minimum Gasteiger partial charge on any atom is -0.444 e. The molecule has 0 aliphatic carbocycles. The number of sulfonamides is 1. The highest BCUT2D eigenvalue weighted by Gasteiger charge is 2.27. The fraction of sp³-hybridized carbons (Fsp3) is 0.600. The van der Waals surface area contributed by atoms with Gasteiger partial charge in [-0.2, -0.15) is 0 Å². The Morgan fingerprint density at radius 3 is 2.48 bits per heavy atom. The van der Waals surface area contributed by atoms with E-state index >= 15 is 0 Å². The fourth-order valence-corrected chi connectivity index (χ4v) is 3.62. The molecule has 0 aromatic heterocycles. The van der Waals surface area contributed by atoms with Gasteiger partial charge in [0, 0.05) is 26.2 Å². The Bertz CT molecular complexity index is 853. The highest BCUT2D eigenvalue weighted by molar-refractivity contribution is 14.0. The average molecular weight is 567 g/mol. The second-order valence-corrected chi connectivity index (χ2v) is 9.81. The van der Waals surface area contributed by atoms with E-state index in [1.807, 2.05) is 27.7 Å². The molecule has 0 bridgehead atoms. The number of nitrogens with two attached hydrogens (primary N) is 1. The summed E-state index contributed by atoms with van der Waals surface area (Å²) in [6.45, 7) is 10.3. The molecule has 176 valence electrons. The number of carbonyl (C=O) groups is 1. The van der Waals surface area contributed by atoms with Crippen molar-refractivity contribution in [2.45, 2.75) is 57.1 Å². The van der Waals surface area contributed by atoms with E-state index in [-0.39, 0.29) is 34.9 Å². The van der Waals surface area contributed by atoms with Gasteiger partial charge in [0.05, 0.1) is 10.9 Å². The normalized spacial score (nSPS) is 17.1. The van der Waals surface area contributed by atoms with E-state index in [0.29, 0.717) is 19.5 Å². The quantitative estimate of drug-likeness (QED) is 0.275. The molecular formula is C20H34IN5O4S. The summed E-state index contributed by atoms with van der Waals surface area (Å²) in [7, 11) is -3.68. The number of nitrogens with one attached hydrogen (secondary N) is 2. The minimum absolute atomic E-state index is 0. The summed E-state index contributed by atoms with van der Waals surface area (Å²) < 4.78 is 28.0. The number of halogens is 1. The zero-order valence-electron chi connectivity index (χ0n) is 18.6. The van der Waals surface area contributed by atoms with Crippen LogP contribution < -0.4 is 15.8 Å². The molecule has 1 aromatic carbocycles. The van der Waals surface area contributed by atoms with Crippen LogP contribution >= 0.6 is 24.0 Å². The number of hydrogen-bond acceptors (Lipinski definition) is 5. The highest BCUT2D eigenvalue weighted by atomic mass is 127. The molecule has 1 atom stereocenters. The van der Waals surface area contributed by atoms with Crippen molar-refractivity contribution in [3.05, 3.63) is 29.8 Å². The number of guanidine groups is 1. The van der Waals surface area contributed by atoms with Crippen molar-refractivity contribution >= 4 is 46.1 Å². The van der Waals surface area contributed by atoms with Crippen LogP contribution in [0.25, 0.3) is 0 Å². The number of primary sulfonamides is 1. The smallest absolute Gasteiger partial charge is 0.407 e. The molecule has 31 heavy (non-hydrogen) atoms. The number of aliphatic imine (C=N–C) groups is 1. The van der Waals surface area contributed by atoms with Gasteiger partial charge in [0.2, 0.25) is 10.0 Å². The molecule has 0 radical (unpaired) electrons. The van der Waals surface area contributed by atoms with Crippen molar-refractivity contribution in [1.29, 1.82) is 0 Å². The molecular weight excluding hydrogens is 533 g/mol. The summed E-state index contributed by atoms with van der Waals surface area (Å²) in [4.78, 5) is 18.9. The lowest BCUT2D eigenvalue weighted by molar-refractivity contribution is 0.0507. The molecule has 9 nitrogen and oxygen atoms in total. The maximum atomic E-state index is 12.0. The first-order valence-electron chi connectivity index (χ1n) is 10.1. The second kappa shape index (κ2) is 11.9. The van der Waals surface area contributed by atoms with Crippen molar-refractivity contribution < 1.29 is 17.9 Å². The Morgan fingerprint density at radius 2 is 1.94 bits per heavy atom. The second-order valence-electron chi connectivity index (χ2n) is 8.25. The van der Waals surface area contributed by atoms with Gasteiger partial charge in [-0.1, -0.05) is 12.1 Å². The summed E-state index contributed by atoms with van der Waals surface area (Å²) in [5.41, 5.74) is 0.457. The SMILES string of the molecule is CCNC(=NCCc1ccc(S(N)(=O)=O)cc1)N1CCC(NC(=O)OC(C)(C)C)C1.I. The first-order chi connectivity index (χ1) is 14.0. The standard InChI is InChI=1S/C20H33N5O4S.HI/c1-5-22-18(23-12-10-15-6-8-17(9-7-15)30(21,27)28)25-13-11-16(14-25)24-19(26)29-20(2,3)4;/h6-9,16H,5,10-14H2,1-4H3,(H,22,23)(H,24,26)(H2,21,27,28);1H. The van der Waals surface area contributed by atoms with Crippen molar-refractivity contribution in [2.75, 3.05) is 26.2 Å². The Hall–Kier alpha value is -1.60. The maximum absolute atomic E-state index is 12.0. The fourth-order valence-electron chi connectivity index (χ4n) is 3.11. The number of carbonyl (C=O) groups excluding carboxylic acids is 1. The molecule has 1 aliphatic rings. The minimum atomic E-state index is -3.68. The Labute approximate surface area is 202 Å². The van der Waals surface area contributed by atoms with Crippen molar-refractivity contribution in [2.24, 2.45) is 10.1 Å². The van der Waals surface area contributed by atoms with Crippen LogP contribution in [0.3, 0.4) is 0 Å². The lowest BCUT2D eigenvalue weighted by atomic mass is 10.1. The van der Waals surface area contributed by atoms with Gasteiger partial charge in [0.1, 0.15) is 5.60 Å². The predicted molar refractivity (Wildman–Crippen MR) is 132 cm³/mol. The van der Waals surface area contributed by atoms with Crippen molar-refractivity contribution in [1.82, 2.24) is 15.5 Å². The summed E-state index contributed by atoms with van der Waals surface area (Å²) >= 11 is 0. The largest absolute Gasteiger partial charge is 0.444 e. The molecule has 11 heteroatoms. The number of ether oxygens (including phenoxy) is 1. The number of rotatable bonds is 6. The summed E-state index contributed by atoms with van der Waals surface area (Å²) in [6.07, 6.45) is 1.09. The third-order valence-electron chi connectivity index (χ3n) is 4.46. The molecule has 1 fully saturated rings. The average Bonchev–Trinajstić information content (AvgIpc) is 3.07. The van der Waals surface area contributed by atoms with Crippen LogP contribution in [-0.2, 0) is 21.2 Å². The monoisotopic (exact) mass is 567 g/mol. The molecule has 1 aromatic rings. The van der Waals surface area contributed by atoms with E-state index in [1.165, 1.54) is 12.1 Å². The highest BCUT2D eigenvalue weighted by Crippen LogP contribution is 2.13. The number of hydrogen-bond donors (Lipinski definition) is 3. The molecule has 2 rings (SSSR count). The maximum Gasteiger partial charge on any atom is 0.407 e. The molecule has 0 spiro atoms. The third kappa shape index (κ3) is 9.60. The summed E-state index contributed by atoms with van der Waals surface area (Å²) in [5, 5.41) is 11.3. The molecule has 1 amide bonds. The van der Waals surface area contributed by atoms with Crippen LogP contribution in [0.15, 0.2) is 34.2 Å². The summed E-state index contributed by atoms with van der Waals surface area (Å²) in [6, 6.07) is 6.52. The van der Waals surface area contributed by atoms with Crippen molar-refractivity contribution in [3.63, 3.8) is 0 Å². The van der Waals surface area contributed by atoms with Crippen molar-refractivity contribution in [3.8, 4) is 0 Å². The number of amides is 1. The van der Waals surface area contributed by atoms with Gasteiger partial charge in [-0.3, -0.25) is 4.99 Å². The van der Waals surface area contributed by atoms with E-state index in [2.05, 4.69) is 20.5 Å². The molecule has 0 saturated carbocycles. The van der Waals surface area contributed by atoms with E-state index in [4.69, 9.17) is 9.88 Å². The Balaban J connectivity index is 0.00000480. The third-order valence-corrected chi connectivity index (χ3v) is 5.39. The van der Waals surface area contributed by atoms with Gasteiger partial charge in [-0.25, -0.2) is 18.4 Å². The van der Waals surface area contributed by atoms with E-state index in [0.717, 1.165) is 31.0 Å². The molecule has 1 unspecified atom stereocenters. The van der Waals surface area contributed by atoms with Crippen LogP contribution in [0, 0.1) is 0 Å². The van der Waals surface area contributed by atoms with Gasteiger partial charge in [0.15, 0.2) is 5.96 Å². The van der Waals surface area contributed by atoms with E-state index in [9.17, 15) is 13.2 Å². The van der Waals surface area contributed by atoms with Gasteiger partial charge >= 0.3 is 6.09 Å². The van der Waals surface area contributed by atoms with Gasteiger partial charge in [0.25, 0.3) is 0 Å². The zero-order valence-corrected chi connectivity index (χ0v) is 21.7. The molecule has 1 saturated heterocycles. The molecule has 4 N–H and O–H groups in total. The summed E-state index contributed by atoms with van der Waals surface area (Å²) in [5.74, 6) is 0.798. The van der Waals surface area contributed by atoms with Crippen LogP contribution in [0.1, 0.15) is 39.7 Å². The molecule has 1 aliphatic heterocycles.